The van der Waals surface area contributed by atoms with Crippen molar-refractivity contribution in [3.63, 3.8) is 0 Å². The molecule has 1 heterocycles. The van der Waals surface area contributed by atoms with Crippen LogP contribution in [-0.4, -0.2) is 10.2 Å². The van der Waals surface area contributed by atoms with Gasteiger partial charge >= 0.3 is 0 Å². The zero-order chi connectivity index (χ0) is 11.6. The van der Waals surface area contributed by atoms with Crippen LogP contribution < -0.4 is 0 Å². The lowest BCUT2D eigenvalue weighted by atomic mass is 10.2. The minimum absolute atomic E-state index is 0.314. The molecule has 0 unspecified atom stereocenters. The largest absolute Gasteiger partial charge is 0.281 e. The number of pyridine rings is 1. The first kappa shape index (κ1) is 12.4. The molecule has 2 rings (SSSR count). The summed E-state index contributed by atoms with van der Waals surface area (Å²) < 4.78 is 0. The van der Waals surface area contributed by atoms with Crippen LogP contribution >= 0.6 is 11.6 Å². The van der Waals surface area contributed by atoms with Gasteiger partial charge in [-0.1, -0.05) is 36.4 Å². The quantitative estimate of drug-likeness (QED) is 0.747. The molecule has 0 atom stereocenters. The highest BCUT2D eigenvalue weighted by Crippen LogP contribution is 2.00. The first-order chi connectivity index (χ1) is 7.79. The highest BCUT2D eigenvalue weighted by molar-refractivity contribution is 6.63. The number of benzene rings is 1. The Morgan fingerprint density at radius 2 is 1.56 bits per heavy atom. The zero-order valence-corrected chi connectivity index (χ0v) is 9.47. The Morgan fingerprint density at radius 1 is 1.00 bits per heavy atom. The molecule has 0 aliphatic carbocycles. The maximum Gasteiger partial charge on any atom is 0.226 e. The smallest absolute Gasteiger partial charge is 0.226 e. The van der Waals surface area contributed by atoms with Gasteiger partial charge in [0.1, 0.15) is 0 Å². The summed E-state index contributed by atoms with van der Waals surface area (Å²) in [6.07, 6.45) is 3.82. The molecule has 1 aromatic heterocycles. The lowest BCUT2D eigenvalue weighted by molar-refractivity contribution is -0.111. The van der Waals surface area contributed by atoms with Crippen LogP contribution in [0.1, 0.15) is 5.56 Å². The monoisotopic (exact) mass is 233 g/mol. The molecule has 0 N–H and O–H groups in total. The van der Waals surface area contributed by atoms with E-state index in [0.29, 0.717) is 6.42 Å². The Morgan fingerprint density at radius 3 is 1.94 bits per heavy atom. The Balaban J connectivity index is 0.000000181. The van der Waals surface area contributed by atoms with Crippen LogP contribution in [0, 0.1) is 0 Å². The summed E-state index contributed by atoms with van der Waals surface area (Å²) in [7, 11) is 0. The molecular formula is C13H12ClNO. The summed E-state index contributed by atoms with van der Waals surface area (Å²) in [5.41, 5.74) is 0.961. The molecular weight excluding hydrogens is 222 g/mol. The summed E-state index contributed by atoms with van der Waals surface area (Å²) in [4.78, 5) is 14.2. The highest BCUT2D eigenvalue weighted by atomic mass is 35.5. The molecule has 1 aromatic carbocycles. The molecule has 16 heavy (non-hydrogen) atoms. The Labute approximate surface area is 99.9 Å². The number of nitrogens with zero attached hydrogens (tertiary/aromatic N) is 1. The fourth-order valence-corrected chi connectivity index (χ4v) is 1.22. The number of aromatic nitrogens is 1. The van der Waals surface area contributed by atoms with Crippen molar-refractivity contribution in [2.24, 2.45) is 0 Å². The predicted molar refractivity (Wildman–Crippen MR) is 65.2 cm³/mol. The molecule has 0 aliphatic rings. The van der Waals surface area contributed by atoms with Gasteiger partial charge in [-0.3, -0.25) is 9.78 Å². The third-order valence-electron chi connectivity index (χ3n) is 1.75. The van der Waals surface area contributed by atoms with Gasteiger partial charge in [0.15, 0.2) is 0 Å². The summed E-state index contributed by atoms with van der Waals surface area (Å²) in [6, 6.07) is 15.1. The molecule has 2 nitrogen and oxygen atoms in total. The van der Waals surface area contributed by atoms with Gasteiger partial charge in [0, 0.05) is 18.8 Å². The summed E-state index contributed by atoms with van der Waals surface area (Å²) >= 11 is 5.17. The van der Waals surface area contributed by atoms with E-state index in [1.807, 2.05) is 48.5 Å². The molecule has 0 amide bonds. The van der Waals surface area contributed by atoms with Crippen LogP contribution in [-0.2, 0) is 11.2 Å². The van der Waals surface area contributed by atoms with Gasteiger partial charge in [0.25, 0.3) is 0 Å². The van der Waals surface area contributed by atoms with Crippen molar-refractivity contribution in [3.05, 3.63) is 66.5 Å². The fourth-order valence-electron chi connectivity index (χ4n) is 1.07. The summed E-state index contributed by atoms with van der Waals surface area (Å²) in [5.74, 6) is 0. The zero-order valence-electron chi connectivity index (χ0n) is 8.71. The minimum Gasteiger partial charge on any atom is -0.281 e. The van der Waals surface area contributed by atoms with E-state index >= 15 is 0 Å². The number of halogens is 1. The molecule has 0 saturated heterocycles. The first-order valence-corrected chi connectivity index (χ1v) is 5.24. The topological polar surface area (TPSA) is 30.0 Å². The van der Waals surface area contributed by atoms with E-state index in [0.717, 1.165) is 5.56 Å². The number of carbonyl (C=O) groups excluding carboxylic acids is 1. The lowest BCUT2D eigenvalue weighted by Gasteiger charge is -1.92. The van der Waals surface area contributed by atoms with E-state index in [-0.39, 0.29) is 5.24 Å². The first-order valence-electron chi connectivity index (χ1n) is 4.86. The molecule has 82 valence electrons. The van der Waals surface area contributed by atoms with Gasteiger partial charge in [-0.15, -0.1) is 0 Å². The second-order valence-electron chi connectivity index (χ2n) is 3.04. The molecule has 0 fully saturated rings. The lowest BCUT2D eigenvalue weighted by Crippen LogP contribution is -1.91. The van der Waals surface area contributed by atoms with Crippen LogP contribution in [0.4, 0.5) is 0 Å². The molecule has 2 aromatic rings. The van der Waals surface area contributed by atoms with Crippen LogP contribution in [0.3, 0.4) is 0 Å². The molecule has 0 aliphatic heterocycles. The molecule has 0 saturated carbocycles. The Hall–Kier alpha value is -1.67. The minimum atomic E-state index is -0.314. The molecule has 0 spiro atoms. The Bertz CT molecular complexity index is 376. The maximum atomic E-state index is 10.4. The third-order valence-corrected chi connectivity index (χ3v) is 1.89. The summed E-state index contributed by atoms with van der Waals surface area (Å²) in [6.45, 7) is 0. The molecule has 0 radical (unpaired) electrons. The normalized spacial score (nSPS) is 8.81. The van der Waals surface area contributed by atoms with Crippen LogP contribution in [0.5, 0.6) is 0 Å². The van der Waals surface area contributed by atoms with Crippen molar-refractivity contribution in [3.8, 4) is 0 Å². The van der Waals surface area contributed by atoms with Crippen molar-refractivity contribution in [2.45, 2.75) is 6.42 Å². The van der Waals surface area contributed by atoms with Crippen LogP contribution in [0.2, 0.25) is 0 Å². The maximum absolute atomic E-state index is 10.4. The third kappa shape index (κ3) is 5.94. The van der Waals surface area contributed by atoms with Crippen molar-refractivity contribution < 1.29 is 4.79 Å². The van der Waals surface area contributed by atoms with E-state index in [2.05, 4.69) is 4.98 Å². The van der Waals surface area contributed by atoms with Gasteiger partial charge < -0.3 is 0 Å². The number of carbonyl (C=O) groups is 1. The van der Waals surface area contributed by atoms with Crippen molar-refractivity contribution in [2.75, 3.05) is 0 Å². The summed E-state index contributed by atoms with van der Waals surface area (Å²) in [5, 5.41) is -0.314. The number of hydrogen-bond donors (Lipinski definition) is 0. The average Bonchev–Trinajstić information content (AvgIpc) is 2.32. The predicted octanol–water partition coefficient (Wildman–Crippen LogP) is 3.08. The fraction of sp³-hybridized carbons (Fsp3) is 0.0769. The molecule has 0 bridgehead atoms. The van der Waals surface area contributed by atoms with Gasteiger partial charge in [-0.05, 0) is 29.3 Å². The average molecular weight is 234 g/mol. The highest BCUT2D eigenvalue weighted by Gasteiger charge is 1.95. The van der Waals surface area contributed by atoms with Gasteiger partial charge in [0.05, 0.1) is 0 Å². The van der Waals surface area contributed by atoms with Gasteiger partial charge in [0.2, 0.25) is 5.24 Å². The Kier molecular flexibility index (Phi) is 5.89. The molecule has 3 heteroatoms. The second-order valence-corrected chi connectivity index (χ2v) is 3.46. The van der Waals surface area contributed by atoms with E-state index in [1.54, 1.807) is 12.4 Å². The standard InChI is InChI=1S/C8H7ClO.C5H5N/c9-8(10)6-7-4-2-1-3-5-7;1-2-4-6-5-3-1/h1-5H,6H2;1-5H. The van der Waals surface area contributed by atoms with Crippen molar-refractivity contribution >= 4 is 16.8 Å². The van der Waals surface area contributed by atoms with Gasteiger partial charge in [-0.25, -0.2) is 0 Å². The second kappa shape index (κ2) is 7.60. The number of rotatable bonds is 2. The van der Waals surface area contributed by atoms with E-state index in [1.165, 1.54) is 0 Å². The SMILES string of the molecule is O=C(Cl)Cc1ccccc1.c1ccncc1. The van der Waals surface area contributed by atoms with E-state index in [4.69, 9.17) is 11.6 Å². The van der Waals surface area contributed by atoms with Gasteiger partial charge in [-0.2, -0.15) is 0 Å². The van der Waals surface area contributed by atoms with E-state index in [9.17, 15) is 4.79 Å². The number of hydrogen-bond acceptors (Lipinski definition) is 2. The van der Waals surface area contributed by atoms with E-state index < -0.39 is 0 Å². The van der Waals surface area contributed by atoms with Crippen molar-refractivity contribution in [1.82, 2.24) is 4.98 Å². The van der Waals surface area contributed by atoms with Crippen LogP contribution in [0.15, 0.2) is 60.9 Å². The van der Waals surface area contributed by atoms with Crippen LogP contribution in [0.25, 0.3) is 0 Å². The van der Waals surface area contributed by atoms with Crippen molar-refractivity contribution in [1.29, 1.82) is 0 Å².